The summed E-state index contributed by atoms with van der Waals surface area (Å²) in [5.41, 5.74) is 4.94. The first-order valence-electron chi connectivity index (χ1n) is 6.71. The second-order valence-corrected chi connectivity index (χ2v) is 5.04. The summed E-state index contributed by atoms with van der Waals surface area (Å²) in [7, 11) is 0. The Labute approximate surface area is 129 Å². The van der Waals surface area contributed by atoms with Crippen LogP contribution in [0.3, 0.4) is 0 Å². The van der Waals surface area contributed by atoms with Gasteiger partial charge in [-0.15, -0.1) is 0 Å². The molecule has 0 radical (unpaired) electrons. The van der Waals surface area contributed by atoms with Gasteiger partial charge in [0.1, 0.15) is 4.99 Å². The maximum absolute atomic E-state index is 5.31. The van der Waals surface area contributed by atoms with Crippen LogP contribution in [0.4, 0.5) is 0 Å². The number of hydrogen-bond acceptors (Lipinski definition) is 2. The van der Waals surface area contributed by atoms with E-state index in [9.17, 15) is 0 Å². The van der Waals surface area contributed by atoms with Crippen molar-refractivity contribution in [3.8, 4) is 0 Å². The Hall–Kier alpha value is -2.52. The van der Waals surface area contributed by atoms with Crippen LogP contribution < -0.4 is 5.43 Å². The smallest absolute Gasteiger partial charge is 0.126 e. The minimum Gasteiger partial charge on any atom is -0.267 e. The molecular formula is C18H14N2S. The number of rotatable bonds is 3. The lowest BCUT2D eigenvalue weighted by molar-refractivity contribution is 1.06. The molecule has 1 N–H and O–H groups in total. The van der Waals surface area contributed by atoms with Gasteiger partial charge in [0, 0.05) is 11.1 Å². The lowest BCUT2D eigenvalue weighted by Gasteiger charge is -2.03. The molecule has 21 heavy (non-hydrogen) atoms. The van der Waals surface area contributed by atoms with Gasteiger partial charge in [-0.3, -0.25) is 5.43 Å². The van der Waals surface area contributed by atoms with Crippen LogP contribution >= 0.6 is 12.2 Å². The van der Waals surface area contributed by atoms with Crippen molar-refractivity contribution < 1.29 is 0 Å². The van der Waals surface area contributed by atoms with Gasteiger partial charge in [0.05, 0.1) is 6.21 Å². The highest BCUT2D eigenvalue weighted by atomic mass is 32.1. The Kier molecular flexibility index (Phi) is 4.03. The Bertz CT molecular complexity index is 789. The summed E-state index contributed by atoms with van der Waals surface area (Å²) in [6.45, 7) is 0. The van der Waals surface area contributed by atoms with Crippen molar-refractivity contribution in [1.29, 1.82) is 0 Å². The normalized spacial score (nSPS) is 10.9. The van der Waals surface area contributed by atoms with E-state index in [-0.39, 0.29) is 0 Å². The van der Waals surface area contributed by atoms with Crippen LogP contribution in [0.15, 0.2) is 77.9 Å². The number of nitrogens with one attached hydrogen (secondary N) is 1. The molecule has 3 heteroatoms. The topological polar surface area (TPSA) is 24.4 Å². The fraction of sp³-hybridized carbons (Fsp3) is 0. The molecule has 0 heterocycles. The summed E-state index contributed by atoms with van der Waals surface area (Å²) in [4.78, 5) is 0.618. The number of thiocarbonyl (C=S) groups is 1. The van der Waals surface area contributed by atoms with E-state index in [1.54, 1.807) is 6.21 Å². The molecule has 0 spiro atoms. The van der Waals surface area contributed by atoms with Crippen molar-refractivity contribution in [1.82, 2.24) is 5.43 Å². The monoisotopic (exact) mass is 290 g/mol. The number of nitrogens with zero attached hydrogens (tertiary/aromatic N) is 1. The van der Waals surface area contributed by atoms with Gasteiger partial charge < -0.3 is 0 Å². The van der Waals surface area contributed by atoms with E-state index in [1.807, 2.05) is 54.6 Å². The van der Waals surface area contributed by atoms with E-state index in [0.29, 0.717) is 4.99 Å². The maximum Gasteiger partial charge on any atom is 0.126 e. The molecule has 3 aromatic rings. The minimum absolute atomic E-state index is 0.618. The van der Waals surface area contributed by atoms with Gasteiger partial charge in [-0.25, -0.2) is 0 Å². The molecule has 3 aromatic carbocycles. The molecule has 3 rings (SSSR count). The standard InChI is InChI=1S/C18H14N2S/c21-18(15-8-2-1-3-9-15)20-19-13-16-11-6-10-14-7-4-5-12-17(14)16/h1-13H,(H,20,21)/b19-13-. The molecule has 0 aliphatic rings. The van der Waals surface area contributed by atoms with Gasteiger partial charge in [-0.2, -0.15) is 5.10 Å². The van der Waals surface area contributed by atoms with Crippen LogP contribution in [0, 0.1) is 0 Å². The van der Waals surface area contributed by atoms with Crippen molar-refractivity contribution in [2.24, 2.45) is 5.10 Å². The molecule has 0 saturated carbocycles. The van der Waals surface area contributed by atoms with Crippen molar-refractivity contribution in [3.05, 3.63) is 83.9 Å². The van der Waals surface area contributed by atoms with Crippen LogP contribution in [0.1, 0.15) is 11.1 Å². The average molecular weight is 290 g/mol. The number of hydrazone groups is 1. The lowest BCUT2D eigenvalue weighted by Crippen LogP contribution is -2.16. The molecule has 0 unspecified atom stereocenters. The zero-order chi connectivity index (χ0) is 14.5. The molecular weight excluding hydrogens is 276 g/mol. The summed E-state index contributed by atoms with van der Waals surface area (Å²) in [6, 6.07) is 24.2. The van der Waals surface area contributed by atoms with Crippen molar-refractivity contribution in [2.45, 2.75) is 0 Å². The SMILES string of the molecule is S=C(N/N=C\c1cccc2ccccc12)c1ccccc1. The van der Waals surface area contributed by atoms with Crippen LogP contribution in [0.5, 0.6) is 0 Å². The van der Waals surface area contributed by atoms with Crippen molar-refractivity contribution in [3.63, 3.8) is 0 Å². The summed E-state index contributed by atoms with van der Waals surface area (Å²) in [5.74, 6) is 0. The van der Waals surface area contributed by atoms with Crippen molar-refractivity contribution >= 4 is 34.2 Å². The van der Waals surface area contributed by atoms with Crippen LogP contribution in [0.25, 0.3) is 10.8 Å². The Morgan fingerprint density at radius 1 is 0.857 bits per heavy atom. The van der Waals surface area contributed by atoms with E-state index < -0.39 is 0 Å². The molecule has 0 fully saturated rings. The molecule has 102 valence electrons. The first-order valence-corrected chi connectivity index (χ1v) is 7.11. The molecule has 0 saturated heterocycles. The Morgan fingerprint density at radius 3 is 2.43 bits per heavy atom. The zero-order valence-electron chi connectivity index (χ0n) is 11.4. The van der Waals surface area contributed by atoms with Crippen LogP contribution in [-0.2, 0) is 0 Å². The maximum atomic E-state index is 5.31. The fourth-order valence-corrected chi connectivity index (χ4v) is 2.37. The third-order valence-electron chi connectivity index (χ3n) is 3.23. The highest BCUT2D eigenvalue weighted by molar-refractivity contribution is 7.80. The lowest BCUT2D eigenvalue weighted by atomic mass is 10.1. The summed E-state index contributed by atoms with van der Waals surface area (Å²) >= 11 is 5.31. The third kappa shape index (κ3) is 3.15. The highest BCUT2D eigenvalue weighted by Crippen LogP contribution is 2.16. The molecule has 0 aliphatic carbocycles. The summed E-state index contributed by atoms with van der Waals surface area (Å²) in [5, 5.41) is 6.63. The van der Waals surface area contributed by atoms with Gasteiger partial charge in [0.2, 0.25) is 0 Å². The van der Waals surface area contributed by atoms with Crippen LogP contribution in [0.2, 0.25) is 0 Å². The largest absolute Gasteiger partial charge is 0.267 e. The van der Waals surface area contributed by atoms with E-state index in [2.05, 4.69) is 28.7 Å². The van der Waals surface area contributed by atoms with Gasteiger partial charge in [0.15, 0.2) is 0 Å². The zero-order valence-corrected chi connectivity index (χ0v) is 12.2. The Morgan fingerprint density at radius 2 is 1.57 bits per heavy atom. The first-order chi connectivity index (χ1) is 10.3. The number of hydrogen-bond donors (Lipinski definition) is 1. The van der Waals surface area contributed by atoms with Gasteiger partial charge in [-0.1, -0.05) is 85.0 Å². The molecule has 0 aromatic heterocycles. The van der Waals surface area contributed by atoms with E-state index in [1.165, 1.54) is 10.8 Å². The highest BCUT2D eigenvalue weighted by Gasteiger charge is 1.99. The van der Waals surface area contributed by atoms with E-state index in [4.69, 9.17) is 12.2 Å². The fourth-order valence-electron chi connectivity index (χ4n) is 2.18. The van der Waals surface area contributed by atoms with E-state index >= 15 is 0 Å². The van der Waals surface area contributed by atoms with Crippen molar-refractivity contribution in [2.75, 3.05) is 0 Å². The van der Waals surface area contributed by atoms with E-state index in [0.717, 1.165) is 11.1 Å². The van der Waals surface area contributed by atoms with Gasteiger partial charge in [-0.05, 0) is 10.8 Å². The summed E-state index contributed by atoms with van der Waals surface area (Å²) in [6.07, 6.45) is 1.80. The number of fused-ring (bicyclic) bond motifs is 1. The van der Waals surface area contributed by atoms with Gasteiger partial charge >= 0.3 is 0 Å². The molecule has 2 nitrogen and oxygen atoms in total. The molecule has 0 bridgehead atoms. The second kappa shape index (κ2) is 6.29. The first kappa shape index (κ1) is 13.5. The predicted molar refractivity (Wildman–Crippen MR) is 92.8 cm³/mol. The minimum atomic E-state index is 0.618. The molecule has 0 amide bonds. The summed E-state index contributed by atoms with van der Waals surface area (Å²) < 4.78 is 0. The quantitative estimate of drug-likeness (QED) is 0.445. The third-order valence-corrected chi connectivity index (χ3v) is 3.56. The van der Waals surface area contributed by atoms with Crippen LogP contribution in [-0.4, -0.2) is 11.2 Å². The predicted octanol–water partition coefficient (Wildman–Crippen LogP) is 4.14. The van der Waals surface area contributed by atoms with Gasteiger partial charge in [0.25, 0.3) is 0 Å². The second-order valence-electron chi connectivity index (χ2n) is 4.63. The Balaban J connectivity index is 1.78. The molecule has 0 atom stereocenters. The number of benzene rings is 3. The average Bonchev–Trinajstić information content (AvgIpc) is 2.56. The molecule has 0 aliphatic heterocycles.